The van der Waals surface area contributed by atoms with Crippen LogP contribution in [-0.4, -0.2) is 11.9 Å². The highest BCUT2D eigenvalue weighted by molar-refractivity contribution is 5.99. The first-order chi connectivity index (χ1) is 15.5. The van der Waals surface area contributed by atoms with Gasteiger partial charge in [0.25, 0.3) is 0 Å². The van der Waals surface area contributed by atoms with Crippen molar-refractivity contribution < 1.29 is 9.13 Å². The van der Waals surface area contributed by atoms with Crippen molar-refractivity contribution in [1.82, 2.24) is 0 Å². The fraction of sp³-hybridized carbons (Fsp3) is 0.179. The molecule has 2 aliphatic heterocycles. The summed E-state index contributed by atoms with van der Waals surface area (Å²) in [5.41, 5.74) is 2.79. The number of hydrogen-bond acceptors (Lipinski definition) is 3. The van der Waals surface area contributed by atoms with Crippen LogP contribution < -0.4 is 9.64 Å². The molecule has 4 aromatic rings. The number of para-hydroxylation sites is 1. The van der Waals surface area contributed by atoms with Crippen LogP contribution in [0.3, 0.4) is 0 Å². The van der Waals surface area contributed by atoms with E-state index in [2.05, 4.69) is 55.1 Å². The highest BCUT2D eigenvalue weighted by Crippen LogP contribution is 2.55. The first-order valence-corrected chi connectivity index (χ1v) is 10.9. The van der Waals surface area contributed by atoms with Gasteiger partial charge in [0.15, 0.2) is 0 Å². The molecule has 32 heavy (non-hydrogen) atoms. The molecule has 0 aromatic heterocycles. The van der Waals surface area contributed by atoms with Crippen molar-refractivity contribution in [3.63, 3.8) is 0 Å². The number of halogens is 1. The Kier molecular flexibility index (Phi) is 3.97. The van der Waals surface area contributed by atoms with Gasteiger partial charge in [-0.15, -0.1) is 0 Å². The molecule has 2 heterocycles. The Hall–Kier alpha value is -3.66. The van der Waals surface area contributed by atoms with Gasteiger partial charge in [0, 0.05) is 17.6 Å². The van der Waals surface area contributed by atoms with Crippen molar-refractivity contribution in [2.75, 3.05) is 4.90 Å². The average molecular weight is 423 g/mol. The average Bonchev–Trinajstić information content (AvgIpc) is 2.98. The number of benzene rings is 4. The number of fused-ring (bicyclic) bond motifs is 4. The Balaban J connectivity index is 1.53. The summed E-state index contributed by atoms with van der Waals surface area (Å²) in [5.74, 6) is 0.523. The molecule has 1 unspecified atom stereocenters. The highest BCUT2D eigenvalue weighted by atomic mass is 19.1. The third-order valence-corrected chi connectivity index (χ3v) is 6.89. The molecule has 0 N–H and O–H groups in total. The Morgan fingerprint density at radius 2 is 1.72 bits per heavy atom. The zero-order chi connectivity index (χ0) is 21.9. The van der Waals surface area contributed by atoms with Crippen molar-refractivity contribution in [2.45, 2.75) is 31.5 Å². The molecule has 4 aromatic carbocycles. The third kappa shape index (κ3) is 2.56. The van der Waals surface area contributed by atoms with Gasteiger partial charge in [-0.2, -0.15) is 0 Å². The van der Waals surface area contributed by atoms with Crippen LogP contribution in [0, 0.1) is 5.82 Å². The van der Waals surface area contributed by atoms with Crippen molar-refractivity contribution in [2.24, 2.45) is 4.99 Å². The number of aliphatic imine (C=N–C) groups is 1. The second-order valence-electron chi connectivity index (χ2n) is 9.05. The first kappa shape index (κ1) is 19.1. The number of rotatable bonds is 2. The maximum Gasteiger partial charge on any atom is 0.229 e. The predicted octanol–water partition coefficient (Wildman–Crippen LogP) is 6.77. The molecule has 1 spiro atoms. The van der Waals surface area contributed by atoms with Gasteiger partial charge in [0.2, 0.25) is 5.72 Å². The van der Waals surface area contributed by atoms with Gasteiger partial charge in [-0.05, 0) is 54.6 Å². The number of anilines is 1. The van der Waals surface area contributed by atoms with Gasteiger partial charge in [-0.3, -0.25) is 4.99 Å². The number of ether oxygens (including phenoxy) is 1. The van der Waals surface area contributed by atoms with E-state index in [0.717, 1.165) is 33.5 Å². The second-order valence-corrected chi connectivity index (χ2v) is 9.05. The molecule has 0 saturated carbocycles. The molecule has 0 amide bonds. The van der Waals surface area contributed by atoms with E-state index in [1.165, 1.54) is 11.6 Å². The van der Waals surface area contributed by atoms with Crippen molar-refractivity contribution in [3.8, 4) is 5.75 Å². The lowest BCUT2D eigenvalue weighted by atomic mass is 9.77. The van der Waals surface area contributed by atoms with Crippen LogP contribution >= 0.6 is 0 Å². The van der Waals surface area contributed by atoms with E-state index in [-0.39, 0.29) is 11.2 Å². The number of nitrogens with zero attached hydrogens (tertiary/aromatic N) is 2. The SMILES string of the molecule is CC1(C)c2ccccc2N(Cc2cccc(F)c2)C12C=Nc1c(ccc3ccccc13)O2. The normalized spacial score (nSPS) is 20.3. The summed E-state index contributed by atoms with van der Waals surface area (Å²) in [6.45, 7) is 4.89. The van der Waals surface area contributed by atoms with E-state index in [9.17, 15) is 4.39 Å². The van der Waals surface area contributed by atoms with Gasteiger partial charge >= 0.3 is 0 Å². The molecule has 0 bridgehead atoms. The maximum atomic E-state index is 14.0. The second kappa shape index (κ2) is 6.67. The van der Waals surface area contributed by atoms with Crippen LogP contribution in [-0.2, 0) is 12.0 Å². The van der Waals surface area contributed by atoms with Gasteiger partial charge in [-0.1, -0.05) is 60.7 Å². The Bertz CT molecular complexity index is 1390. The lowest BCUT2D eigenvalue weighted by Gasteiger charge is -2.46. The first-order valence-electron chi connectivity index (χ1n) is 10.9. The maximum absolute atomic E-state index is 14.0. The van der Waals surface area contributed by atoms with Crippen LogP contribution in [0.1, 0.15) is 25.0 Å². The molecule has 158 valence electrons. The fourth-order valence-corrected chi connectivity index (χ4v) is 5.18. The van der Waals surface area contributed by atoms with E-state index in [1.54, 1.807) is 12.1 Å². The summed E-state index contributed by atoms with van der Waals surface area (Å²) in [5, 5.41) is 2.20. The van der Waals surface area contributed by atoms with Crippen LogP contribution in [0.2, 0.25) is 0 Å². The minimum atomic E-state index is -0.835. The van der Waals surface area contributed by atoms with Gasteiger partial charge < -0.3 is 9.64 Å². The standard InChI is InChI=1S/C28H23FN2O/c1-27(2)23-12-5-6-13-24(23)31(17-19-8-7-10-21(29)16-19)28(27)18-30-26-22-11-4-3-9-20(22)14-15-25(26)32-28/h3-16,18H,17H2,1-2H3. The molecule has 4 heteroatoms. The van der Waals surface area contributed by atoms with E-state index < -0.39 is 5.72 Å². The monoisotopic (exact) mass is 422 g/mol. The Labute approximate surface area is 186 Å². The number of hydrogen-bond donors (Lipinski definition) is 0. The predicted molar refractivity (Wildman–Crippen MR) is 128 cm³/mol. The molecule has 0 radical (unpaired) electrons. The van der Waals surface area contributed by atoms with Crippen molar-refractivity contribution in [3.05, 3.63) is 102 Å². The Morgan fingerprint density at radius 3 is 2.59 bits per heavy atom. The molecule has 6 rings (SSSR count). The summed E-state index contributed by atoms with van der Waals surface area (Å²) in [4.78, 5) is 7.20. The van der Waals surface area contributed by atoms with Crippen molar-refractivity contribution >= 4 is 28.4 Å². The topological polar surface area (TPSA) is 24.8 Å². The van der Waals surface area contributed by atoms with Crippen molar-refractivity contribution in [1.29, 1.82) is 0 Å². The van der Waals surface area contributed by atoms with Gasteiger partial charge in [-0.25, -0.2) is 4.39 Å². The molecule has 1 atom stereocenters. The lowest BCUT2D eigenvalue weighted by molar-refractivity contribution is 0.0764. The Morgan fingerprint density at radius 1 is 0.906 bits per heavy atom. The quantitative estimate of drug-likeness (QED) is 0.356. The molecular formula is C28H23FN2O. The summed E-state index contributed by atoms with van der Waals surface area (Å²) in [7, 11) is 0. The van der Waals surface area contributed by atoms with Crippen LogP contribution in [0.5, 0.6) is 5.75 Å². The molecular weight excluding hydrogens is 399 g/mol. The zero-order valence-corrected chi connectivity index (χ0v) is 18.0. The van der Waals surface area contributed by atoms with Crippen LogP contribution in [0.4, 0.5) is 15.8 Å². The zero-order valence-electron chi connectivity index (χ0n) is 18.0. The molecule has 3 nitrogen and oxygen atoms in total. The minimum absolute atomic E-state index is 0.238. The van der Waals surface area contributed by atoms with Gasteiger partial charge in [0.05, 0.1) is 11.6 Å². The summed E-state index contributed by atoms with van der Waals surface area (Å²) < 4.78 is 20.9. The molecule has 0 aliphatic carbocycles. The molecule has 2 aliphatic rings. The van der Waals surface area contributed by atoms with E-state index in [4.69, 9.17) is 9.73 Å². The largest absolute Gasteiger partial charge is 0.459 e. The minimum Gasteiger partial charge on any atom is -0.459 e. The molecule has 0 saturated heterocycles. The van der Waals surface area contributed by atoms with Crippen LogP contribution in [0.15, 0.2) is 89.9 Å². The third-order valence-electron chi connectivity index (χ3n) is 6.89. The lowest BCUT2D eigenvalue weighted by Crippen LogP contribution is -2.61. The highest BCUT2D eigenvalue weighted by Gasteiger charge is 2.59. The summed E-state index contributed by atoms with van der Waals surface area (Å²) in [6, 6.07) is 27.4. The fourth-order valence-electron chi connectivity index (χ4n) is 5.18. The van der Waals surface area contributed by atoms with E-state index >= 15 is 0 Å². The molecule has 0 fully saturated rings. The van der Waals surface area contributed by atoms with E-state index in [0.29, 0.717) is 6.54 Å². The van der Waals surface area contributed by atoms with Gasteiger partial charge in [0.1, 0.15) is 17.3 Å². The summed E-state index contributed by atoms with van der Waals surface area (Å²) in [6.07, 6.45) is 1.95. The summed E-state index contributed by atoms with van der Waals surface area (Å²) >= 11 is 0. The van der Waals surface area contributed by atoms with Crippen LogP contribution in [0.25, 0.3) is 10.8 Å². The van der Waals surface area contributed by atoms with E-state index in [1.807, 2.05) is 36.5 Å². The smallest absolute Gasteiger partial charge is 0.229 e.